The predicted octanol–water partition coefficient (Wildman–Crippen LogP) is 4.35. The van der Waals surface area contributed by atoms with E-state index < -0.39 is 11.6 Å². The number of aromatic amines is 2. The number of carbonyl (C=O) groups excluding carboxylic acids is 1. The number of aryl methyl sites for hydroxylation is 1. The maximum absolute atomic E-state index is 14.1. The summed E-state index contributed by atoms with van der Waals surface area (Å²) in [6.45, 7) is 1.98. The Morgan fingerprint density at radius 2 is 1.81 bits per heavy atom. The van der Waals surface area contributed by atoms with Gasteiger partial charge in [0.15, 0.2) is 0 Å². The summed E-state index contributed by atoms with van der Waals surface area (Å²) in [6, 6.07) is 7.96. The highest BCUT2D eigenvalue weighted by Crippen LogP contribution is 2.27. The van der Waals surface area contributed by atoms with E-state index in [1.807, 2.05) is 0 Å². The van der Waals surface area contributed by atoms with Crippen molar-refractivity contribution in [2.75, 3.05) is 6.54 Å². The molecular formula is C20H16F3N3O. The van der Waals surface area contributed by atoms with Crippen LogP contribution in [0.4, 0.5) is 13.2 Å². The first kappa shape index (κ1) is 17.2. The van der Waals surface area contributed by atoms with Gasteiger partial charge >= 0.3 is 0 Å². The summed E-state index contributed by atoms with van der Waals surface area (Å²) in [6.07, 6.45) is 0.340. The van der Waals surface area contributed by atoms with E-state index in [0.29, 0.717) is 34.3 Å². The van der Waals surface area contributed by atoms with Crippen molar-refractivity contribution in [3.8, 4) is 0 Å². The number of hydrogen-bond acceptors (Lipinski definition) is 1. The Bertz CT molecular complexity index is 1180. The summed E-state index contributed by atoms with van der Waals surface area (Å²) in [5, 5.41) is 3.56. The van der Waals surface area contributed by atoms with Gasteiger partial charge in [0.2, 0.25) is 0 Å². The van der Waals surface area contributed by atoms with Gasteiger partial charge in [0.1, 0.15) is 23.1 Å². The number of hydrogen-bond donors (Lipinski definition) is 3. The Balaban J connectivity index is 1.51. The normalized spacial score (nSPS) is 11.4. The van der Waals surface area contributed by atoms with E-state index in [2.05, 4.69) is 15.3 Å². The fourth-order valence-corrected chi connectivity index (χ4v) is 3.35. The molecule has 2 heterocycles. The molecule has 2 aromatic heterocycles. The molecule has 0 fully saturated rings. The van der Waals surface area contributed by atoms with Gasteiger partial charge < -0.3 is 15.3 Å². The summed E-state index contributed by atoms with van der Waals surface area (Å²) in [4.78, 5) is 18.1. The van der Waals surface area contributed by atoms with Crippen LogP contribution in [0.15, 0.2) is 36.4 Å². The number of rotatable bonds is 4. The van der Waals surface area contributed by atoms with Crippen LogP contribution in [-0.4, -0.2) is 22.4 Å². The number of H-pyrrole nitrogens is 2. The van der Waals surface area contributed by atoms with Crippen molar-refractivity contribution in [1.29, 1.82) is 0 Å². The lowest BCUT2D eigenvalue weighted by molar-refractivity contribution is 0.0950. The lowest BCUT2D eigenvalue weighted by Gasteiger charge is -2.05. The van der Waals surface area contributed by atoms with Crippen LogP contribution in [0.2, 0.25) is 0 Å². The van der Waals surface area contributed by atoms with Crippen LogP contribution in [0.5, 0.6) is 0 Å². The van der Waals surface area contributed by atoms with Gasteiger partial charge in [0, 0.05) is 28.5 Å². The number of amides is 1. The molecule has 1 amide bonds. The molecular weight excluding hydrogens is 355 g/mol. The quantitative estimate of drug-likeness (QED) is 0.491. The standard InChI is InChI=1S/C20H16F3N3O/c1-10-13(18-14(22)3-4-15(23)19(18)25-10)6-7-24-20(27)17-9-11-8-12(21)2-5-16(11)26-17/h2-5,8-9,25-26H,6-7H2,1H3,(H,24,27). The lowest BCUT2D eigenvalue weighted by Crippen LogP contribution is -2.26. The molecule has 138 valence electrons. The third-order valence-corrected chi connectivity index (χ3v) is 4.66. The number of benzene rings is 2. The number of halogens is 3. The molecule has 0 radical (unpaired) electrons. The zero-order valence-corrected chi connectivity index (χ0v) is 14.4. The number of nitrogens with one attached hydrogen (secondary N) is 3. The first-order valence-electron chi connectivity index (χ1n) is 8.45. The highest BCUT2D eigenvalue weighted by atomic mass is 19.1. The molecule has 7 heteroatoms. The first-order valence-corrected chi connectivity index (χ1v) is 8.45. The molecule has 4 rings (SSSR count). The molecule has 0 aliphatic heterocycles. The fraction of sp³-hybridized carbons (Fsp3) is 0.150. The van der Waals surface area contributed by atoms with E-state index in [1.165, 1.54) is 12.1 Å². The molecule has 0 bridgehead atoms. The van der Waals surface area contributed by atoms with E-state index in [-0.39, 0.29) is 29.2 Å². The maximum Gasteiger partial charge on any atom is 0.267 e. The maximum atomic E-state index is 14.1. The largest absolute Gasteiger partial charge is 0.356 e. The molecule has 0 aliphatic carbocycles. The predicted molar refractivity (Wildman–Crippen MR) is 97.2 cm³/mol. The van der Waals surface area contributed by atoms with Crippen LogP contribution < -0.4 is 5.32 Å². The molecule has 0 saturated carbocycles. The average molecular weight is 371 g/mol. The van der Waals surface area contributed by atoms with E-state index in [9.17, 15) is 18.0 Å². The van der Waals surface area contributed by atoms with Crippen molar-refractivity contribution in [2.45, 2.75) is 13.3 Å². The van der Waals surface area contributed by atoms with Crippen molar-refractivity contribution in [3.63, 3.8) is 0 Å². The molecule has 27 heavy (non-hydrogen) atoms. The topological polar surface area (TPSA) is 60.7 Å². The van der Waals surface area contributed by atoms with E-state index in [0.717, 1.165) is 12.1 Å². The lowest BCUT2D eigenvalue weighted by atomic mass is 10.1. The third kappa shape index (κ3) is 3.05. The van der Waals surface area contributed by atoms with Gasteiger partial charge in [-0.3, -0.25) is 4.79 Å². The first-order chi connectivity index (χ1) is 12.9. The van der Waals surface area contributed by atoms with Crippen LogP contribution in [0.25, 0.3) is 21.8 Å². The average Bonchev–Trinajstić information content (AvgIpc) is 3.20. The molecule has 4 nitrogen and oxygen atoms in total. The second-order valence-corrected chi connectivity index (χ2v) is 6.43. The van der Waals surface area contributed by atoms with Gasteiger partial charge in [0.05, 0.1) is 5.52 Å². The molecule has 0 saturated heterocycles. The van der Waals surface area contributed by atoms with Gasteiger partial charge in [-0.15, -0.1) is 0 Å². The van der Waals surface area contributed by atoms with Crippen LogP contribution >= 0.6 is 0 Å². The molecule has 4 aromatic rings. The molecule has 3 N–H and O–H groups in total. The van der Waals surface area contributed by atoms with E-state index in [1.54, 1.807) is 19.1 Å². The second kappa shape index (κ2) is 6.50. The van der Waals surface area contributed by atoms with Gasteiger partial charge in [0.25, 0.3) is 5.91 Å². The minimum atomic E-state index is -0.518. The monoisotopic (exact) mass is 371 g/mol. The van der Waals surface area contributed by atoms with Crippen molar-refractivity contribution >= 4 is 27.7 Å². The summed E-state index contributed by atoms with van der Waals surface area (Å²) < 4.78 is 41.3. The highest BCUT2D eigenvalue weighted by Gasteiger charge is 2.16. The Morgan fingerprint density at radius 3 is 2.63 bits per heavy atom. The molecule has 0 spiro atoms. The van der Waals surface area contributed by atoms with Gasteiger partial charge in [-0.25, -0.2) is 13.2 Å². The van der Waals surface area contributed by atoms with Crippen molar-refractivity contribution in [2.24, 2.45) is 0 Å². The Morgan fingerprint density at radius 1 is 1.04 bits per heavy atom. The highest BCUT2D eigenvalue weighted by molar-refractivity contribution is 5.98. The van der Waals surface area contributed by atoms with E-state index >= 15 is 0 Å². The SMILES string of the molecule is Cc1[nH]c2c(F)ccc(F)c2c1CCNC(=O)c1cc2cc(F)ccc2[nH]1. The van der Waals surface area contributed by atoms with E-state index in [4.69, 9.17) is 0 Å². The van der Waals surface area contributed by atoms with Crippen molar-refractivity contribution < 1.29 is 18.0 Å². The molecule has 2 aromatic carbocycles. The molecule has 0 aliphatic rings. The fourth-order valence-electron chi connectivity index (χ4n) is 3.35. The zero-order valence-electron chi connectivity index (χ0n) is 14.4. The van der Waals surface area contributed by atoms with Crippen LogP contribution in [0, 0.1) is 24.4 Å². The Labute approximate surface area is 152 Å². The van der Waals surface area contributed by atoms with Gasteiger partial charge in [-0.05, 0) is 55.3 Å². The second-order valence-electron chi connectivity index (χ2n) is 6.43. The minimum absolute atomic E-state index is 0.131. The van der Waals surface area contributed by atoms with Crippen LogP contribution in [0.1, 0.15) is 21.7 Å². The zero-order chi connectivity index (χ0) is 19.1. The number of aromatic nitrogens is 2. The summed E-state index contributed by atoms with van der Waals surface area (Å²) in [7, 11) is 0. The van der Waals surface area contributed by atoms with Gasteiger partial charge in [-0.2, -0.15) is 0 Å². The Hall–Kier alpha value is -3.22. The van der Waals surface area contributed by atoms with Crippen LogP contribution in [-0.2, 0) is 6.42 Å². The van der Waals surface area contributed by atoms with Crippen LogP contribution in [0.3, 0.4) is 0 Å². The Kier molecular flexibility index (Phi) is 4.14. The summed E-state index contributed by atoms with van der Waals surface area (Å²) in [5.74, 6) is -1.75. The number of carbonyl (C=O) groups is 1. The van der Waals surface area contributed by atoms with Crippen molar-refractivity contribution in [3.05, 3.63) is 70.8 Å². The van der Waals surface area contributed by atoms with Crippen molar-refractivity contribution in [1.82, 2.24) is 15.3 Å². The smallest absolute Gasteiger partial charge is 0.267 e. The molecule has 0 atom stereocenters. The van der Waals surface area contributed by atoms with Gasteiger partial charge in [-0.1, -0.05) is 0 Å². The minimum Gasteiger partial charge on any atom is -0.356 e. The number of fused-ring (bicyclic) bond motifs is 2. The third-order valence-electron chi connectivity index (χ3n) is 4.66. The summed E-state index contributed by atoms with van der Waals surface area (Å²) in [5.41, 5.74) is 2.38. The summed E-state index contributed by atoms with van der Waals surface area (Å²) >= 11 is 0. The molecule has 0 unspecified atom stereocenters.